The van der Waals surface area contributed by atoms with Crippen LogP contribution >= 0.6 is 15.9 Å². The summed E-state index contributed by atoms with van der Waals surface area (Å²) in [6.07, 6.45) is 0. The van der Waals surface area contributed by atoms with Gasteiger partial charge in [0.15, 0.2) is 0 Å². The first-order valence-electron chi connectivity index (χ1n) is 3.28. The number of carbonyl (C=O) groups is 1. The van der Waals surface area contributed by atoms with E-state index >= 15 is 0 Å². The molecule has 0 aliphatic heterocycles. The Bertz CT molecular complexity index is 409. The minimum absolute atomic E-state index is 0.0395. The highest BCUT2D eigenvalue weighted by Gasteiger charge is 2.09. The number of carboxylic acid groups (broad SMARTS) is 1. The van der Waals surface area contributed by atoms with Crippen LogP contribution in [0, 0.1) is 11.3 Å². The number of rotatable bonds is 1. The Morgan fingerprint density at radius 3 is 2.69 bits per heavy atom. The van der Waals surface area contributed by atoms with E-state index in [1.54, 1.807) is 0 Å². The molecule has 0 atom stereocenters. The second kappa shape index (κ2) is 3.46. The average Bonchev–Trinajstić information content (AvgIpc) is 2.09. The predicted octanol–water partition coefficient (Wildman–Crippen LogP) is 1.60. The van der Waals surface area contributed by atoms with Crippen LogP contribution in [0.2, 0.25) is 0 Å². The zero-order valence-electron chi connectivity index (χ0n) is 6.41. The lowest BCUT2D eigenvalue weighted by molar-refractivity contribution is 0.0697. The molecule has 0 aromatic heterocycles. The van der Waals surface area contributed by atoms with Gasteiger partial charge < -0.3 is 10.8 Å². The van der Waals surface area contributed by atoms with Gasteiger partial charge in [-0.05, 0) is 28.1 Å². The summed E-state index contributed by atoms with van der Waals surface area (Å²) in [5, 5.41) is 17.3. The molecule has 0 amide bonds. The Morgan fingerprint density at radius 2 is 2.23 bits per heavy atom. The van der Waals surface area contributed by atoms with Gasteiger partial charge in [-0.15, -0.1) is 0 Å². The highest BCUT2D eigenvalue weighted by Crippen LogP contribution is 2.24. The fourth-order valence-electron chi connectivity index (χ4n) is 0.834. The van der Waals surface area contributed by atoms with E-state index in [9.17, 15) is 4.79 Å². The maximum atomic E-state index is 10.6. The Morgan fingerprint density at radius 1 is 1.62 bits per heavy atom. The lowest BCUT2D eigenvalue weighted by atomic mass is 10.1. The molecule has 1 rings (SSSR count). The lowest BCUT2D eigenvalue weighted by Gasteiger charge is -2.02. The maximum Gasteiger partial charge on any atom is 0.335 e. The van der Waals surface area contributed by atoms with Crippen LogP contribution in [0.3, 0.4) is 0 Å². The van der Waals surface area contributed by atoms with E-state index in [0.29, 0.717) is 4.47 Å². The number of nitrogen functional groups attached to an aromatic ring is 1. The Kier molecular flexibility index (Phi) is 2.54. The molecule has 66 valence electrons. The SMILES string of the molecule is N#Cc1cc(C(=O)O)cc(Br)c1N. The van der Waals surface area contributed by atoms with Crippen LogP contribution in [0.5, 0.6) is 0 Å². The molecule has 1 aromatic carbocycles. The number of aromatic carboxylic acids is 1. The third kappa shape index (κ3) is 1.79. The molecule has 0 aliphatic rings. The minimum Gasteiger partial charge on any atom is -0.478 e. The van der Waals surface area contributed by atoms with Crippen molar-refractivity contribution in [1.29, 1.82) is 5.26 Å². The second-order valence-corrected chi connectivity index (χ2v) is 3.19. The molecule has 0 radical (unpaired) electrons. The van der Waals surface area contributed by atoms with Crippen LogP contribution in [-0.2, 0) is 0 Å². The van der Waals surface area contributed by atoms with Crippen molar-refractivity contribution in [3.8, 4) is 6.07 Å². The van der Waals surface area contributed by atoms with E-state index in [-0.39, 0.29) is 16.8 Å². The topological polar surface area (TPSA) is 87.1 Å². The van der Waals surface area contributed by atoms with Crippen molar-refractivity contribution in [2.75, 3.05) is 5.73 Å². The van der Waals surface area contributed by atoms with Crippen molar-refractivity contribution in [2.24, 2.45) is 0 Å². The van der Waals surface area contributed by atoms with Crippen molar-refractivity contribution in [3.05, 3.63) is 27.7 Å². The number of benzene rings is 1. The Balaban J connectivity index is 3.41. The molecule has 0 unspecified atom stereocenters. The van der Waals surface area contributed by atoms with Crippen LogP contribution in [0.25, 0.3) is 0 Å². The van der Waals surface area contributed by atoms with E-state index in [2.05, 4.69) is 15.9 Å². The number of hydrogen-bond acceptors (Lipinski definition) is 3. The second-order valence-electron chi connectivity index (χ2n) is 2.34. The number of nitrogens with zero attached hydrogens (tertiary/aromatic N) is 1. The van der Waals surface area contributed by atoms with E-state index < -0.39 is 5.97 Å². The third-order valence-electron chi connectivity index (χ3n) is 1.50. The average molecular weight is 241 g/mol. The van der Waals surface area contributed by atoms with E-state index in [0.717, 1.165) is 0 Å². The van der Waals surface area contributed by atoms with Gasteiger partial charge >= 0.3 is 5.97 Å². The Labute approximate surface area is 82.7 Å². The first kappa shape index (κ1) is 9.55. The summed E-state index contributed by atoms with van der Waals surface area (Å²) in [6, 6.07) is 4.41. The molecule has 4 nitrogen and oxygen atoms in total. The molecule has 0 aliphatic carbocycles. The summed E-state index contributed by atoms with van der Waals surface area (Å²) in [7, 11) is 0. The Hall–Kier alpha value is -1.54. The number of anilines is 1. The van der Waals surface area contributed by atoms with Crippen LogP contribution in [-0.4, -0.2) is 11.1 Å². The van der Waals surface area contributed by atoms with Crippen molar-refractivity contribution < 1.29 is 9.90 Å². The molecule has 0 saturated carbocycles. The summed E-state index contributed by atoms with van der Waals surface area (Å²) in [5.74, 6) is -1.09. The molecule has 1 aromatic rings. The molecule has 0 fully saturated rings. The van der Waals surface area contributed by atoms with Crippen molar-refractivity contribution in [2.45, 2.75) is 0 Å². The summed E-state index contributed by atoms with van der Waals surface area (Å²) >= 11 is 3.07. The molecular formula is C8H5BrN2O2. The zero-order chi connectivity index (χ0) is 10.0. The third-order valence-corrected chi connectivity index (χ3v) is 2.15. The van der Waals surface area contributed by atoms with Gasteiger partial charge in [0.05, 0.1) is 16.8 Å². The quantitative estimate of drug-likeness (QED) is 0.731. The number of hydrogen-bond donors (Lipinski definition) is 2. The molecule has 3 N–H and O–H groups in total. The van der Waals surface area contributed by atoms with Gasteiger partial charge in [-0.2, -0.15) is 5.26 Å². The van der Waals surface area contributed by atoms with Gasteiger partial charge in [0.1, 0.15) is 6.07 Å². The van der Waals surface area contributed by atoms with Crippen molar-refractivity contribution in [3.63, 3.8) is 0 Å². The number of nitriles is 1. The maximum absolute atomic E-state index is 10.6. The summed E-state index contributed by atoms with van der Waals surface area (Å²) < 4.78 is 0.420. The van der Waals surface area contributed by atoms with Gasteiger partial charge in [0, 0.05) is 4.47 Å². The van der Waals surface area contributed by atoms with Gasteiger partial charge in [-0.25, -0.2) is 4.79 Å². The molecule has 0 bridgehead atoms. The molecule has 0 heterocycles. The van der Waals surface area contributed by atoms with Gasteiger partial charge in [0.2, 0.25) is 0 Å². The molecule has 0 saturated heterocycles. The van der Waals surface area contributed by atoms with E-state index in [4.69, 9.17) is 16.1 Å². The van der Waals surface area contributed by atoms with Crippen LogP contribution < -0.4 is 5.73 Å². The first-order valence-corrected chi connectivity index (χ1v) is 4.08. The lowest BCUT2D eigenvalue weighted by Crippen LogP contribution is -2.00. The highest BCUT2D eigenvalue weighted by molar-refractivity contribution is 9.10. The normalized spacial score (nSPS) is 9.23. The van der Waals surface area contributed by atoms with E-state index in [1.165, 1.54) is 12.1 Å². The number of halogens is 1. The fourth-order valence-corrected chi connectivity index (χ4v) is 1.29. The molecular weight excluding hydrogens is 236 g/mol. The van der Waals surface area contributed by atoms with Gasteiger partial charge in [-0.1, -0.05) is 0 Å². The standard InChI is InChI=1S/C8H5BrN2O2/c9-6-2-4(8(12)13)1-5(3-10)7(6)11/h1-2H,11H2,(H,12,13). The van der Waals surface area contributed by atoms with Crippen molar-refractivity contribution in [1.82, 2.24) is 0 Å². The molecule has 13 heavy (non-hydrogen) atoms. The molecule has 5 heteroatoms. The largest absolute Gasteiger partial charge is 0.478 e. The monoisotopic (exact) mass is 240 g/mol. The number of carboxylic acids is 1. The summed E-state index contributed by atoms with van der Waals surface area (Å²) in [4.78, 5) is 10.6. The zero-order valence-corrected chi connectivity index (χ0v) is 8.00. The minimum atomic E-state index is -1.09. The van der Waals surface area contributed by atoms with Crippen LogP contribution in [0.4, 0.5) is 5.69 Å². The van der Waals surface area contributed by atoms with Gasteiger partial charge in [-0.3, -0.25) is 0 Å². The van der Waals surface area contributed by atoms with Gasteiger partial charge in [0.25, 0.3) is 0 Å². The summed E-state index contributed by atoms with van der Waals surface area (Å²) in [5.41, 5.74) is 5.96. The van der Waals surface area contributed by atoms with Crippen LogP contribution in [0.1, 0.15) is 15.9 Å². The highest BCUT2D eigenvalue weighted by atomic mass is 79.9. The van der Waals surface area contributed by atoms with Crippen molar-refractivity contribution >= 4 is 27.6 Å². The molecule has 0 spiro atoms. The first-order chi connectivity index (χ1) is 6.06. The van der Waals surface area contributed by atoms with Crippen LogP contribution in [0.15, 0.2) is 16.6 Å². The van der Waals surface area contributed by atoms with E-state index in [1.807, 2.05) is 6.07 Å². The summed E-state index contributed by atoms with van der Waals surface area (Å²) in [6.45, 7) is 0. The number of nitrogens with two attached hydrogens (primary N) is 1. The fraction of sp³-hybridized carbons (Fsp3) is 0. The predicted molar refractivity (Wildman–Crippen MR) is 50.2 cm³/mol. The smallest absolute Gasteiger partial charge is 0.335 e.